The Bertz CT molecular complexity index is 427. The smallest absolute Gasteiger partial charge is 0.128 e. The average molecular weight is 249 g/mol. The van der Waals surface area contributed by atoms with Crippen molar-refractivity contribution in [2.75, 3.05) is 7.11 Å². The number of rotatable bonds is 3. The van der Waals surface area contributed by atoms with Gasteiger partial charge in [-0.05, 0) is 25.3 Å². The summed E-state index contributed by atoms with van der Waals surface area (Å²) in [5.74, 6) is 1.48. The van der Waals surface area contributed by atoms with Gasteiger partial charge in [-0.15, -0.1) is 0 Å². The molecule has 0 aromatic heterocycles. The zero-order valence-electron chi connectivity index (χ0n) is 11.9. The molecule has 0 radical (unpaired) electrons. The lowest BCUT2D eigenvalue weighted by Gasteiger charge is -2.39. The first-order valence-corrected chi connectivity index (χ1v) is 6.55. The van der Waals surface area contributed by atoms with Crippen molar-refractivity contribution in [1.82, 2.24) is 5.48 Å². The van der Waals surface area contributed by atoms with Crippen molar-refractivity contribution in [1.29, 1.82) is 0 Å². The largest absolute Gasteiger partial charge is 0.487 e. The normalized spacial score (nSPS) is 21.6. The maximum absolute atomic E-state index is 6.19. The van der Waals surface area contributed by atoms with Gasteiger partial charge >= 0.3 is 0 Å². The third-order valence-electron chi connectivity index (χ3n) is 3.41. The summed E-state index contributed by atoms with van der Waals surface area (Å²) in [6.07, 6.45) is 0.898. The van der Waals surface area contributed by atoms with E-state index in [-0.39, 0.29) is 11.6 Å². The zero-order chi connectivity index (χ0) is 13.3. The lowest BCUT2D eigenvalue weighted by atomic mass is 9.87. The van der Waals surface area contributed by atoms with Crippen LogP contribution < -0.4 is 10.2 Å². The van der Waals surface area contributed by atoms with Crippen LogP contribution in [-0.4, -0.2) is 12.7 Å². The maximum atomic E-state index is 6.19. The lowest BCUT2D eigenvalue weighted by Crippen LogP contribution is -2.39. The van der Waals surface area contributed by atoms with Gasteiger partial charge in [0.1, 0.15) is 11.4 Å². The van der Waals surface area contributed by atoms with Gasteiger partial charge in [-0.25, -0.2) is 0 Å². The molecule has 0 saturated carbocycles. The van der Waals surface area contributed by atoms with Crippen LogP contribution in [0.1, 0.15) is 57.2 Å². The molecule has 0 spiro atoms. The topological polar surface area (TPSA) is 30.5 Å². The fourth-order valence-electron chi connectivity index (χ4n) is 2.59. The molecule has 1 aliphatic heterocycles. The van der Waals surface area contributed by atoms with E-state index in [0.717, 1.165) is 12.2 Å². The first-order chi connectivity index (χ1) is 8.44. The van der Waals surface area contributed by atoms with Crippen LogP contribution in [0.25, 0.3) is 0 Å². The first-order valence-electron chi connectivity index (χ1n) is 6.55. The number of hydroxylamine groups is 1. The van der Waals surface area contributed by atoms with Crippen LogP contribution in [0.2, 0.25) is 0 Å². The molecule has 100 valence electrons. The summed E-state index contributed by atoms with van der Waals surface area (Å²) in [5.41, 5.74) is 5.37. The van der Waals surface area contributed by atoms with Gasteiger partial charge < -0.3 is 9.57 Å². The minimum atomic E-state index is -0.172. The molecule has 1 atom stereocenters. The molecular formula is C15H23NO2. The zero-order valence-corrected chi connectivity index (χ0v) is 11.9. The predicted octanol–water partition coefficient (Wildman–Crippen LogP) is 3.56. The van der Waals surface area contributed by atoms with Crippen LogP contribution in [-0.2, 0) is 4.84 Å². The number of benzene rings is 1. The Labute approximate surface area is 109 Å². The van der Waals surface area contributed by atoms with Gasteiger partial charge in [0.05, 0.1) is 13.2 Å². The molecule has 0 bridgehead atoms. The van der Waals surface area contributed by atoms with Crippen molar-refractivity contribution in [2.45, 2.75) is 51.7 Å². The number of fused-ring (bicyclic) bond motifs is 1. The monoisotopic (exact) mass is 249 g/mol. The van der Waals surface area contributed by atoms with Crippen molar-refractivity contribution < 1.29 is 9.57 Å². The van der Waals surface area contributed by atoms with Gasteiger partial charge in [0.15, 0.2) is 0 Å². The van der Waals surface area contributed by atoms with E-state index in [4.69, 9.17) is 9.57 Å². The van der Waals surface area contributed by atoms with Crippen LogP contribution >= 0.6 is 0 Å². The summed E-state index contributed by atoms with van der Waals surface area (Å²) < 4.78 is 6.19. The highest BCUT2D eigenvalue weighted by Gasteiger charge is 2.35. The third kappa shape index (κ3) is 2.52. The summed E-state index contributed by atoms with van der Waals surface area (Å²) >= 11 is 0. The van der Waals surface area contributed by atoms with Crippen molar-refractivity contribution in [3.63, 3.8) is 0 Å². The third-order valence-corrected chi connectivity index (χ3v) is 3.41. The molecule has 1 heterocycles. The second-order valence-electron chi connectivity index (χ2n) is 5.86. The molecule has 0 saturated heterocycles. The Morgan fingerprint density at radius 2 is 2.11 bits per heavy atom. The molecule has 0 amide bonds. The van der Waals surface area contributed by atoms with Crippen molar-refractivity contribution in [3.05, 3.63) is 29.3 Å². The quantitative estimate of drug-likeness (QED) is 0.831. The number of para-hydroxylation sites is 1. The fraction of sp³-hybridized carbons (Fsp3) is 0.600. The average Bonchev–Trinajstić information content (AvgIpc) is 2.27. The molecule has 3 heteroatoms. The van der Waals surface area contributed by atoms with E-state index in [9.17, 15) is 0 Å². The molecule has 0 fully saturated rings. The minimum Gasteiger partial charge on any atom is -0.487 e. The SMILES string of the molecule is CONC1CC(C)(C)Oc2c(C(C)C)cccc21. The molecule has 1 aromatic carbocycles. The van der Waals surface area contributed by atoms with Crippen molar-refractivity contribution in [3.8, 4) is 5.75 Å². The maximum Gasteiger partial charge on any atom is 0.128 e. The molecule has 0 aliphatic carbocycles. The van der Waals surface area contributed by atoms with Crippen LogP contribution in [0.3, 0.4) is 0 Å². The summed E-state index contributed by atoms with van der Waals surface area (Å²) in [4.78, 5) is 5.13. The van der Waals surface area contributed by atoms with Crippen LogP contribution in [0, 0.1) is 0 Å². The number of hydrogen-bond acceptors (Lipinski definition) is 3. The van der Waals surface area contributed by atoms with Gasteiger partial charge in [-0.3, -0.25) is 0 Å². The summed E-state index contributed by atoms with van der Waals surface area (Å²) in [6.45, 7) is 8.63. The van der Waals surface area contributed by atoms with Gasteiger partial charge in [0, 0.05) is 12.0 Å². The Hall–Kier alpha value is -1.06. The second kappa shape index (κ2) is 4.90. The van der Waals surface area contributed by atoms with E-state index in [2.05, 4.69) is 51.4 Å². The standard InChI is InChI=1S/C15H23NO2/c1-10(2)11-7-6-8-12-13(16-17-5)9-15(3,4)18-14(11)12/h6-8,10,13,16H,9H2,1-5H3. The molecule has 1 aromatic rings. The Kier molecular flexibility index (Phi) is 3.64. The fourth-order valence-corrected chi connectivity index (χ4v) is 2.59. The van der Waals surface area contributed by atoms with Gasteiger partial charge in [-0.1, -0.05) is 32.0 Å². The summed E-state index contributed by atoms with van der Waals surface area (Å²) in [6, 6.07) is 6.55. The van der Waals surface area contributed by atoms with Crippen molar-refractivity contribution in [2.24, 2.45) is 0 Å². The number of hydrogen-bond donors (Lipinski definition) is 1. The predicted molar refractivity (Wildman–Crippen MR) is 72.7 cm³/mol. The van der Waals surface area contributed by atoms with Gasteiger partial charge in [0.2, 0.25) is 0 Å². The van der Waals surface area contributed by atoms with Crippen LogP contribution in [0.4, 0.5) is 0 Å². The van der Waals surface area contributed by atoms with E-state index < -0.39 is 0 Å². The molecule has 2 rings (SSSR count). The van der Waals surface area contributed by atoms with Gasteiger partial charge in [0.25, 0.3) is 0 Å². The molecular weight excluding hydrogens is 226 g/mol. The minimum absolute atomic E-state index is 0.172. The molecule has 1 N–H and O–H groups in total. The van der Waals surface area contributed by atoms with E-state index in [0.29, 0.717) is 5.92 Å². The molecule has 18 heavy (non-hydrogen) atoms. The highest BCUT2D eigenvalue weighted by atomic mass is 16.6. The highest BCUT2D eigenvalue weighted by molar-refractivity contribution is 5.46. The van der Waals surface area contributed by atoms with E-state index in [1.807, 2.05) is 0 Å². The van der Waals surface area contributed by atoms with Crippen LogP contribution in [0.15, 0.2) is 18.2 Å². The van der Waals surface area contributed by atoms with Gasteiger partial charge in [-0.2, -0.15) is 5.48 Å². The Morgan fingerprint density at radius 3 is 2.72 bits per heavy atom. The second-order valence-corrected chi connectivity index (χ2v) is 5.86. The van der Waals surface area contributed by atoms with Crippen molar-refractivity contribution >= 4 is 0 Å². The molecule has 3 nitrogen and oxygen atoms in total. The number of nitrogens with one attached hydrogen (secondary N) is 1. The van der Waals surface area contributed by atoms with E-state index in [1.165, 1.54) is 11.1 Å². The molecule has 1 unspecified atom stereocenters. The van der Waals surface area contributed by atoms with E-state index >= 15 is 0 Å². The number of ether oxygens (including phenoxy) is 1. The van der Waals surface area contributed by atoms with Crippen LogP contribution in [0.5, 0.6) is 5.75 Å². The molecule has 1 aliphatic rings. The highest BCUT2D eigenvalue weighted by Crippen LogP contribution is 2.43. The Morgan fingerprint density at radius 1 is 1.39 bits per heavy atom. The van der Waals surface area contributed by atoms with E-state index in [1.54, 1.807) is 7.11 Å². The Balaban J connectivity index is 2.48. The summed E-state index contributed by atoms with van der Waals surface area (Å²) in [7, 11) is 1.66. The first kappa shape index (κ1) is 13.4. The summed E-state index contributed by atoms with van der Waals surface area (Å²) in [5, 5.41) is 0. The lowest BCUT2D eigenvalue weighted by molar-refractivity contribution is 0.00231.